The van der Waals surface area contributed by atoms with Gasteiger partial charge in [0.1, 0.15) is 24.2 Å². The second-order valence-electron chi connectivity index (χ2n) is 10.6. The molecule has 3 heterocycles. The Hall–Kier alpha value is -4.26. The van der Waals surface area contributed by atoms with Crippen molar-refractivity contribution in [1.29, 1.82) is 0 Å². The number of hydrogen-bond donors (Lipinski definition) is 3. The van der Waals surface area contributed by atoms with Crippen molar-refractivity contribution in [2.75, 3.05) is 19.7 Å². The number of cyclic esters (lactones) is 1. The van der Waals surface area contributed by atoms with Crippen molar-refractivity contribution in [3.8, 4) is 0 Å². The summed E-state index contributed by atoms with van der Waals surface area (Å²) in [5.41, 5.74) is 5.75. The highest BCUT2D eigenvalue weighted by Crippen LogP contribution is 2.25. The van der Waals surface area contributed by atoms with Gasteiger partial charge in [0.05, 0.1) is 19.1 Å². The first-order valence-corrected chi connectivity index (χ1v) is 13.8. The van der Waals surface area contributed by atoms with E-state index in [1.165, 1.54) is 17.1 Å². The molecule has 228 valence electrons. The number of ether oxygens (including phenoxy) is 2. The van der Waals surface area contributed by atoms with E-state index in [-0.39, 0.29) is 55.8 Å². The van der Waals surface area contributed by atoms with Crippen LogP contribution in [0.1, 0.15) is 56.4 Å². The minimum Gasteiger partial charge on any atom is -0.460 e. The van der Waals surface area contributed by atoms with E-state index >= 15 is 0 Å². The van der Waals surface area contributed by atoms with Gasteiger partial charge in [-0.15, -0.1) is 0 Å². The van der Waals surface area contributed by atoms with E-state index in [0.29, 0.717) is 18.4 Å². The first-order valence-electron chi connectivity index (χ1n) is 13.8. The van der Waals surface area contributed by atoms with Crippen LogP contribution < -0.4 is 11.1 Å². The molecule has 2 aliphatic rings. The van der Waals surface area contributed by atoms with E-state index in [2.05, 4.69) is 10.3 Å². The van der Waals surface area contributed by atoms with Crippen LogP contribution in [0.2, 0.25) is 0 Å². The summed E-state index contributed by atoms with van der Waals surface area (Å²) in [4.78, 5) is 68.2. The number of nitrogens with two attached hydrogens (primary N) is 1. The van der Waals surface area contributed by atoms with Gasteiger partial charge in [0.25, 0.3) is 5.91 Å². The number of carbonyl (C=O) groups excluding carboxylic acids is 5. The molecule has 1 aromatic heterocycles. The molecule has 13 heteroatoms. The van der Waals surface area contributed by atoms with Crippen LogP contribution in [0.5, 0.6) is 0 Å². The van der Waals surface area contributed by atoms with Gasteiger partial charge in [-0.2, -0.15) is 0 Å². The number of primary amides is 1. The van der Waals surface area contributed by atoms with Crippen molar-refractivity contribution < 1.29 is 43.0 Å². The second-order valence-corrected chi connectivity index (χ2v) is 10.6. The van der Waals surface area contributed by atoms with Crippen molar-refractivity contribution in [1.82, 2.24) is 15.2 Å². The van der Waals surface area contributed by atoms with E-state index in [0.717, 1.165) is 6.26 Å². The minimum atomic E-state index is -1.04. The fourth-order valence-electron chi connectivity index (χ4n) is 4.86. The highest BCUT2D eigenvalue weighted by molar-refractivity contribution is 5.95. The Labute approximate surface area is 243 Å². The number of allylic oxidation sites excluding steroid dienone is 2. The van der Waals surface area contributed by atoms with E-state index in [9.17, 15) is 29.1 Å². The zero-order valence-corrected chi connectivity index (χ0v) is 24.0. The summed E-state index contributed by atoms with van der Waals surface area (Å²) in [5, 5.41) is 13.0. The summed E-state index contributed by atoms with van der Waals surface area (Å²) < 4.78 is 16.1. The maximum absolute atomic E-state index is 13.4. The fraction of sp³-hybridized carbons (Fsp3) is 0.517. The van der Waals surface area contributed by atoms with Gasteiger partial charge in [-0.1, -0.05) is 43.7 Å². The van der Waals surface area contributed by atoms with Crippen molar-refractivity contribution >= 4 is 29.7 Å². The summed E-state index contributed by atoms with van der Waals surface area (Å²) in [5.74, 6) is -2.88. The van der Waals surface area contributed by atoms with E-state index < -0.39 is 48.1 Å². The van der Waals surface area contributed by atoms with Gasteiger partial charge in [-0.05, 0) is 25.8 Å². The number of rotatable bonds is 3. The molecule has 2 bridgehead atoms. The van der Waals surface area contributed by atoms with E-state index in [1.54, 1.807) is 39.0 Å². The highest BCUT2D eigenvalue weighted by Gasteiger charge is 2.39. The number of amides is 3. The lowest BCUT2D eigenvalue weighted by atomic mass is 9.93. The van der Waals surface area contributed by atoms with Crippen LogP contribution in [-0.4, -0.2) is 82.6 Å². The highest BCUT2D eigenvalue weighted by atomic mass is 16.6. The average Bonchev–Trinajstić information content (AvgIpc) is 3.60. The molecule has 1 aromatic rings. The second kappa shape index (κ2) is 15.1. The van der Waals surface area contributed by atoms with E-state index in [1.807, 2.05) is 0 Å². The van der Waals surface area contributed by atoms with Crippen LogP contribution in [0.4, 0.5) is 4.79 Å². The number of ketones is 1. The third-order valence-electron chi connectivity index (χ3n) is 6.94. The number of carbonyl (C=O) groups is 5. The van der Waals surface area contributed by atoms with Gasteiger partial charge in [0.2, 0.25) is 11.8 Å². The molecule has 13 nitrogen and oxygen atoms in total. The Kier molecular flexibility index (Phi) is 11.6. The van der Waals surface area contributed by atoms with Crippen LogP contribution in [0.15, 0.2) is 46.6 Å². The molecule has 42 heavy (non-hydrogen) atoms. The van der Waals surface area contributed by atoms with Gasteiger partial charge in [-0.25, -0.2) is 14.6 Å². The molecule has 0 spiro atoms. The Bertz CT molecular complexity index is 1250. The number of hydrogen-bond acceptors (Lipinski definition) is 10. The van der Waals surface area contributed by atoms with Crippen LogP contribution in [0, 0.1) is 11.8 Å². The van der Waals surface area contributed by atoms with Gasteiger partial charge in [0.15, 0.2) is 5.69 Å². The predicted octanol–water partition coefficient (Wildman–Crippen LogP) is 1.61. The van der Waals surface area contributed by atoms with Crippen molar-refractivity contribution in [3.05, 3.63) is 53.8 Å². The zero-order chi connectivity index (χ0) is 30.8. The summed E-state index contributed by atoms with van der Waals surface area (Å²) in [6.45, 7) is 5.57. The molecule has 0 radical (unpaired) electrons. The molecule has 1 saturated heterocycles. The third kappa shape index (κ3) is 9.40. The maximum Gasteiger partial charge on any atom is 0.404 e. The van der Waals surface area contributed by atoms with Crippen molar-refractivity contribution in [2.24, 2.45) is 17.6 Å². The maximum atomic E-state index is 13.4. The normalized spacial score (nSPS) is 28.5. The topological polar surface area (TPSA) is 191 Å². The summed E-state index contributed by atoms with van der Waals surface area (Å²) in [6.07, 6.45) is 6.63. The predicted molar refractivity (Wildman–Crippen MR) is 149 cm³/mol. The number of aromatic nitrogens is 1. The first-order chi connectivity index (χ1) is 19.9. The number of Topliss-reactive ketones (excluding diaryl/α,β-unsaturated/α-hetero) is 1. The molecule has 0 aromatic carbocycles. The third-order valence-corrected chi connectivity index (χ3v) is 6.94. The van der Waals surface area contributed by atoms with Crippen LogP contribution >= 0.6 is 0 Å². The van der Waals surface area contributed by atoms with Crippen LogP contribution in [0.25, 0.3) is 0 Å². The fourth-order valence-corrected chi connectivity index (χ4v) is 4.86. The van der Waals surface area contributed by atoms with Gasteiger partial charge < -0.3 is 34.9 Å². The lowest BCUT2D eigenvalue weighted by Gasteiger charge is -2.30. The smallest absolute Gasteiger partial charge is 0.404 e. The largest absolute Gasteiger partial charge is 0.460 e. The van der Waals surface area contributed by atoms with Gasteiger partial charge in [0, 0.05) is 31.3 Å². The number of aliphatic hydroxyl groups excluding tert-OH is 1. The molecule has 1 fully saturated rings. The number of aliphatic hydroxyl groups is 1. The first kappa shape index (κ1) is 32.3. The Morgan fingerprint density at radius 1 is 1.29 bits per heavy atom. The zero-order valence-electron chi connectivity index (χ0n) is 24.0. The number of nitrogens with zero attached hydrogens (tertiary/aromatic N) is 2. The lowest BCUT2D eigenvalue weighted by Crippen LogP contribution is -2.44. The standard InChI is InChI=1S/C29H38N4O9/c1-17-6-4-10-31-24(36)9-8-18(2)26(19(3)15-41-29(30)39)42-28(38)23-7-5-11-33(23)27(37)22-16-40-25(32-22)14-21(35)13-20(34)12-17/h4,6,8-9,12,16,18-20,23,26,34H,5,7,10-11,13-15H2,1-3H3,(H2,30,39)(H,31,36)/b6-4+,9-8+,17-12+/t18-,19-,20-,23-,26+/m1/s1. The molecule has 5 atom stereocenters. The van der Waals surface area contributed by atoms with E-state index in [4.69, 9.17) is 19.6 Å². The molecular weight excluding hydrogens is 548 g/mol. The average molecular weight is 587 g/mol. The number of fused-ring (bicyclic) bond motifs is 3. The number of oxazole rings is 1. The number of esters is 1. The lowest BCUT2D eigenvalue weighted by molar-refractivity contribution is -0.159. The van der Waals surface area contributed by atoms with Crippen molar-refractivity contribution in [2.45, 2.75) is 64.7 Å². The van der Waals surface area contributed by atoms with Crippen molar-refractivity contribution in [3.63, 3.8) is 0 Å². The Morgan fingerprint density at radius 2 is 2.05 bits per heavy atom. The minimum absolute atomic E-state index is 0.0209. The molecular formula is C29H38N4O9. The molecule has 2 aliphatic heterocycles. The van der Waals surface area contributed by atoms with Crippen LogP contribution in [-0.2, 0) is 30.3 Å². The molecule has 0 saturated carbocycles. The summed E-state index contributed by atoms with van der Waals surface area (Å²) in [7, 11) is 0. The van der Waals surface area contributed by atoms with Gasteiger partial charge >= 0.3 is 12.1 Å². The van der Waals surface area contributed by atoms with Gasteiger partial charge in [-0.3, -0.25) is 14.4 Å². The SMILES string of the molecule is CC1=C\[C@@H](O)CC(=O)Cc2nc(co2)C(=O)N2CCC[C@@H]2C(=O)O[C@H]([C@H](C)COC(N)=O)[C@H](C)/C=C/C(=O)NC\C=C\1. The Morgan fingerprint density at radius 3 is 2.79 bits per heavy atom. The molecule has 0 aliphatic carbocycles. The molecule has 3 rings (SSSR count). The molecule has 0 unspecified atom stereocenters. The molecule has 4 N–H and O–H groups in total. The number of nitrogens with one attached hydrogen (secondary N) is 1. The summed E-state index contributed by atoms with van der Waals surface area (Å²) in [6, 6.07) is -0.899. The van der Waals surface area contributed by atoms with Crippen LogP contribution in [0.3, 0.4) is 0 Å². The molecule has 3 amide bonds. The summed E-state index contributed by atoms with van der Waals surface area (Å²) >= 11 is 0. The monoisotopic (exact) mass is 586 g/mol. The Balaban J connectivity index is 1.88. The quantitative estimate of drug-likeness (QED) is 0.438.